The molecule has 1 amide bonds. The van der Waals surface area contributed by atoms with Crippen LogP contribution in [0.15, 0.2) is 72.8 Å². The Hall–Kier alpha value is -3.51. The smallest absolute Gasteiger partial charge is 0.337 e. The van der Waals surface area contributed by atoms with Gasteiger partial charge in [-0.3, -0.25) is 4.79 Å². The van der Waals surface area contributed by atoms with Crippen molar-refractivity contribution < 1.29 is 14.7 Å². The van der Waals surface area contributed by atoms with E-state index >= 15 is 0 Å². The van der Waals surface area contributed by atoms with Crippen molar-refractivity contribution in [3.05, 3.63) is 88.9 Å². The molecule has 3 aromatic carbocycles. The number of benzene rings is 3. The van der Waals surface area contributed by atoms with Crippen molar-refractivity contribution in [3.8, 4) is 0 Å². The van der Waals surface area contributed by atoms with Crippen molar-refractivity contribution in [2.45, 2.75) is 0 Å². The second kappa shape index (κ2) is 9.10. The minimum Gasteiger partial charge on any atom is -0.478 e. The van der Waals surface area contributed by atoms with Crippen molar-refractivity contribution in [1.82, 2.24) is 0 Å². The van der Waals surface area contributed by atoms with Crippen LogP contribution in [0.3, 0.4) is 0 Å². The largest absolute Gasteiger partial charge is 0.478 e. The van der Waals surface area contributed by atoms with Gasteiger partial charge in [0.15, 0.2) is 0 Å². The summed E-state index contributed by atoms with van der Waals surface area (Å²) in [5, 5.41) is 13.3. The maximum absolute atomic E-state index is 12.4. The number of nitrogens with zero attached hydrogens (tertiary/aromatic N) is 2. The Balaban J connectivity index is 1.49. The molecule has 0 aliphatic carbocycles. The number of carbonyl (C=O) groups is 2. The van der Waals surface area contributed by atoms with Gasteiger partial charge in [-0.1, -0.05) is 41.9 Å². The lowest BCUT2D eigenvalue weighted by Gasteiger charge is -2.38. The SMILES string of the molecule is O=C(Nc1ccc(N2CCN(c3ccccc3Cl)CC2)c(C(=O)O)c1)c1ccccc1. The summed E-state index contributed by atoms with van der Waals surface area (Å²) in [7, 11) is 0. The lowest BCUT2D eigenvalue weighted by molar-refractivity contribution is 0.0697. The van der Waals surface area contributed by atoms with E-state index in [9.17, 15) is 14.7 Å². The van der Waals surface area contributed by atoms with Crippen LogP contribution in [-0.4, -0.2) is 43.2 Å². The zero-order valence-corrected chi connectivity index (χ0v) is 17.5. The Labute approximate surface area is 185 Å². The van der Waals surface area contributed by atoms with Crippen molar-refractivity contribution in [2.24, 2.45) is 0 Å². The number of aromatic carboxylic acids is 1. The van der Waals surface area contributed by atoms with E-state index in [4.69, 9.17) is 11.6 Å². The van der Waals surface area contributed by atoms with E-state index in [1.54, 1.807) is 36.4 Å². The quantitative estimate of drug-likeness (QED) is 0.612. The van der Waals surface area contributed by atoms with Crippen LogP contribution in [0.2, 0.25) is 5.02 Å². The molecule has 0 atom stereocenters. The molecule has 31 heavy (non-hydrogen) atoms. The van der Waals surface area contributed by atoms with Gasteiger partial charge in [0.1, 0.15) is 0 Å². The Morgan fingerprint density at radius 3 is 2.06 bits per heavy atom. The number of carbonyl (C=O) groups excluding carboxylic acids is 1. The number of nitrogens with one attached hydrogen (secondary N) is 1. The van der Waals surface area contributed by atoms with Gasteiger partial charge in [-0.25, -0.2) is 4.79 Å². The molecule has 1 fully saturated rings. The van der Waals surface area contributed by atoms with Gasteiger partial charge in [0, 0.05) is 37.4 Å². The lowest BCUT2D eigenvalue weighted by atomic mass is 10.1. The summed E-state index contributed by atoms with van der Waals surface area (Å²) in [6, 6.07) is 21.5. The number of carboxylic acids is 1. The average Bonchev–Trinajstić information content (AvgIpc) is 2.80. The van der Waals surface area contributed by atoms with E-state index in [1.807, 2.05) is 30.3 Å². The highest BCUT2D eigenvalue weighted by Gasteiger charge is 2.23. The summed E-state index contributed by atoms with van der Waals surface area (Å²) in [5.74, 6) is -1.31. The first-order chi connectivity index (χ1) is 15.0. The van der Waals surface area contributed by atoms with Gasteiger partial charge in [0.25, 0.3) is 5.91 Å². The molecule has 2 N–H and O–H groups in total. The van der Waals surface area contributed by atoms with Gasteiger partial charge in [-0.05, 0) is 42.5 Å². The van der Waals surface area contributed by atoms with Gasteiger partial charge in [0.05, 0.1) is 22.0 Å². The van der Waals surface area contributed by atoms with E-state index in [1.165, 1.54) is 6.07 Å². The molecule has 0 saturated carbocycles. The van der Waals surface area contributed by atoms with Crippen molar-refractivity contribution in [1.29, 1.82) is 0 Å². The fourth-order valence-corrected chi connectivity index (χ4v) is 4.01. The van der Waals surface area contributed by atoms with Crippen molar-refractivity contribution >= 4 is 40.5 Å². The molecule has 0 aromatic heterocycles. The summed E-state index contributed by atoms with van der Waals surface area (Å²) in [6.45, 7) is 2.80. The zero-order valence-electron chi connectivity index (χ0n) is 16.8. The normalized spacial score (nSPS) is 13.7. The third-order valence-corrected chi connectivity index (χ3v) is 5.65. The third-order valence-electron chi connectivity index (χ3n) is 5.33. The highest BCUT2D eigenvalue weighted by Crippen LogP contribution is 2.29. The number of rotatable bonds is 5. The fourth-order valence-electron chi connectivity index (χ4n) is 3.75. The van der Waals surface area contributed by atoms with Crippen LogP contribution in [0.4, 0.5) is 17.1 Å². The minimum absolute atomic E-state index is 0.164. The Morgan fingerprint density at radius 1 is 0.806 bits per heavy atom. The highest BCUT2D eigenvalue weighted by molar-refractivity contribution is 6.33. The molecule has 0 unspecified atom stereocenters. The zero-order chi connectivity index (χ0) is 21.8. The first-order valence-corrected chi connectivity index (χ1v) is 10.4. The molecule has 0 radical (unpaired) electrons. The maximum atomic E-state index is 12.4. The number of amides is 1. The number of para-hydroxylation sites is 1. The number of halogens is 1. The highest BCUT2D eigenvalue weighted by atomic mass is 35.5. The van der Waals surface area contributed by atoms with Crippen LogP contribution in [0.5, 0.6) is 0 Å². The van der Waals surface area contributed by atoms with E-state index in [0.717, 1.165) is 18.8 Å². The van der Waals surface area contributed by atoms with Crippen LogP contribution in [-0.2, 0) is 0 Å². The van der Waals surface area contributed by atoms with E-state index in [2.05, 4.69) is 15.1 Å². The summed E-state index contributed by atoms with van der Waals surface area (Å²) in [4.78, 5) is 28.6. The first-order valence-electron chi connectivity index (χ1n) is 10.0. The minimum atomic E-state index is -1.03. The molecule has 3 aromatic rings. The number of hydrogen-bond donors (Lipinski definition) is 2. The van der Waals surface area contributed by atoms with Crippen LogP contribution in [0.25, 0.3) is 0 Å². The van der Waals surface area contributed by atoms with E-state index < -0.39 is 5.97 Å². The number of anilines is 3. The van der Waals surface area contributed by atoms with Crippen LogP contribution in [0, 0.1) is 0 Å². The number of hydrogen-bond acceptors (Lipinski definition) is 4. The second-order valence-corrected chi connectivity index (χ2v) is 7.69. The average molecular weight is 436 g/mol. The maximum Gasteiger partial charge on any atom is 0.337 e. The van der Waals surface area contributed by atoms with Gasteiger partial charge < -0.3 is 20.2 Å². The molecule has 1 saturated heterocycles. The molecule has 1 aliphatic rings. The Kier molecular flexibility index (Phi) is 6.09. The molecule has 158 valence electrons. The summed E-state index contributed by atoms with van der Waals surface area (Å²) in [6.07, 6.45) is 0. The van der Waals surface area contributed by atoms with Gasteiger partial charge in [-0.15, -0.1) is 0 Å². The van der Waals surface area contributed by atoms with Crippen LogP contribution >= 0.6 is 11.6 Å². The van der Waals surface area contributed by atoms with E-state index in [-0.39, 0.29) is 11.5 Å². The monoisotopic (exact) mass is 435 g/mol. The molecular formula is C24H22ClN3O3. The molecule has 1 heterocycles. The van der Waals surface area contributed by atoms with Crippen molar-refractivity contribution in [3.63, 3.8) is 0 Å². The molecule has 7 heteroatoms. The molecular weight excluding hydrogens is 414 g/mol. The fraction of sp³-hybridized carbons (Fsp3) is 0.167. The number of piperazine rings is 1. The van der Waals surface area contributed by atoms with Gasteiger partial charge in [-0.2, -0.15) is 0 Å². The molecule has 0 spiro atoms. The molecule has 0 bridgehead atoms. The van der Waals surface area contributed by atoms with E-state index in [0.29, 0.717) is 35.1 Å². The van der Waals surface area contributed by atoms with Gasteiger partial charge in [0.2, 0.25) is 0 Å². The van der Waals surface area contributed by atoms with Crippen LogP contribution < -0.4 is 15.1 Å². The predicted molar refractivity (Wildman–Crippen MR) is 124 cm³/mol. The summed E-state index contributed by atoms with van der Waals surface area (Å²) in [5.41, 5.74) is 2.76. The predicted octanol–water partition coefficient (Wildman–Crippen LogP) is 4.62. The van der Waals surface area contributed by atoms with Crippen LogP contribution in [0.1, 0.15) is 20.7 Å². The third kappa shape index (κ3) is 4.64. The summed E-state index contributed by atoms with van der Waals surface area (Å²) < 4.78 is 0. The standard InChI is InChI=1S/C24H22ClN3O3/c25-20-8-4-5-9-22(20)28-14-12-27(13-15-28)21-11-10-18(16-19(21)24(30)31)26-23(29)17-6-2-1-3-7-17/h1-11,16H,12-15H2,(H,26,29)(H,30,31). The number of carboxylic acid groups (broad SMARTS) is 1. The molecule has 4 rings (SSSR count). The molecule has 6 nitrogen and oxygen atoms in total. The topological polar surface area (TPSA) is 72.9 Å². The first kappa shape index (κ1) is 20.8. The molecule has 1 aliphatic heterocycles. The Bertz CT molecular complexity index is 1100. The van der Waals surface area contributed by atoms with Gasteiger partial charge >= 0.3 is 5.97 Å². The lowest BCUT2D eigenvalue weighted by Crippen LogP contribution is -2.47. The second-order valence-electron chi connectivity index (χ2n) is 7.28. The Morgan fingerprint density at radius 2 is 1.42 bits per heavy atom. The summed E-state index contributed by atoms with van der Waals surface area (Å²) >= 11 is 6.31. The van der Waals surface area contributed by atoms with Crippen molar-refractivity contribution in [2.75, 3.05) is 41.3 Å².